The zero-order valence-electron chi connectivity index (χ0n) is 16.7. The molecular formula is C22H17ClFN5O2. The summed E-state index contributed by atoms with van der Waals surface area (Å²) in [7, 11) is 3.01. The summed E-state index contributed by atoms with van der Waals surface area (Å²) in [4.78, 5) is 29.9. The zero-order valence-corrected chi connectivity index (χ0v) is 17.5. The van der Waals surface area contributed by atoms with Crippen molar-refractivity contribution in [1.29, 1.82) is 0 Å². The number of benzene rings is 2. The van der Waals surface area contributed by atoms with E-state index in [1.165, 1.54) is 23.7 Å². The van der Waals surface area contributed by atoms with Crippen molar-refractivity contribution in [3.63, 3.8) is 0 Å². The molecule has 31 heavy (non-hydrogen) atoms. The van der Waals surface area contributed by atoms with Crippen molar-refractivity contribution >= 4 is 28.5 Å². The molecule has 0 bridgehead atoms. The van der Waals surface area contributed by atoms with E-state index in [2.05, 4.69) is 4.98 Å². The second-order valence-corrected chi connectivity index (χ2v) is 7.77. The fourth-order valence-corrected chi connectivity index (χ4v) is 4.01. The summed E-state index contributed by atoms with van der Waals surface area (Å²) in [6.07, 6.45) is 1.78. The average molecular weight is 438 g/mol. The number of hydrogen-bond acceptors (Lipinski definition) is 3. The SMILES string of the molecule is Cn1c(=O)c2c(nc3n(Cc4ccccc4Cl)c(-c4ccc(F)cc4)cn23)n(C)c1=O. The first-order valence-corrected chi connectivity index (χ1v) is 9.91. The third-order valence-electron chi connectivity index (χ3n) is 5.48. The molecule has 0 N–H and O–H groups in total. The van der Waals surface area contributed by atoms with Gasteiger partial charge in [0.05, 0.1) is 12.2 Å². The summed E-state index contributed by atoms with van der Waals surface area (Å²) in [6.45, 7) is 0.375. The monoisotopic (exact) mass is 437 g/mol. The molecular weight excluding hydrogens is 421 g/mol. The average Bonchev–Trinajstić information content (AvgIpc) is 3.30. The molecule has 5 rings (SSSR count). The van der Waals surface area contributed by atoms with Crippen molar-refractivity contribution in [2.24, 2.45) is 14.1 Å². The minimum Gasteiger partial charge on any atom is -0.305 e. The van der Waals surface area contributed by atoms with Crippen LogP contribution in [0, 0.1) is 5.82 Å². The van der Waals surface area contributed by atoms with Crippen LogP contribution >= 0.6 is 11.6 Å². The molecule has 0 aliphatic carbocycles. The molecule has 0 aliphatic rings. The van der Waals surface area contributed by atoms with Crippen LogP contribution in [0.4, 0.5) is 4.39 Å². The minimum atomic E-state index is -0.449. The number of aromatic nitrogens is 5. The molecule has 5 aromatic rings. The normalized spacial score (nSPS) is 11.6. The van der Waals surface area contributed by atoms with E-state index in [1.807, 2.05) is 22.8 Å². The Morgan fingerprint density at radius 1 is 1.00 bits per heavy atom. The van der Waals surface area contributed by atoms with Gasteiger partial charge >= 0.3 is 5.69 Å². The van der Waals surface area contributed by atoms with Crippen LogP contribution < -0.4 is 11.2 Å². The van der Waals surface area contributed by atoms with Crippen LogP contribution in [0.15, 0.2) is 64.3 Å². The maximum absolute atomic E-state index is 13.5. The Bertz CT molecular complexity index is 1590. The molecule has 0 unspecified atom stereocenters. The largest absolute Gasteiger partial charge is 0.332 e. The van der Waals surface area contributed by atoms with Gasteiger partial charge in [-0.15, -0.1) is 0 Å². The molecule has 0 aliphatic heterocycles. The Morgan fingerprint density at radius 3 is 2.42 bits per heavy atom. The van der Waals surface area contributed by atoms with Gasteiger partial charge in [0.15, 0.2) is 11.2 Å². The van der Waals surface area contributed by atoms with E-state index in [0.29, 0.717) is 28.5 Å². The van der Waals surface area contributed by atoms with E-state index < -0.39 is 11.2 Å². The molecule has 0 saturated carbocycles. The number of aryl methyl sites for hydroxylation is 1. The topological polar surface area (TPSA) is 66.2 Å². The Morgan fingerprint density at radius 2 is 1.71 bits per heavy atom. The number of rotatable bonds is 3. The van der Waals surface area contributed by atoms with Crippen molar-refractivity contribution in [1.82, 2.24) is 23.1 Å². The minimum absolute atomic E-state index is 0.292. The molecule has 0 fully saturated rings. The quantitative estimate of drug-likeness (QED) is 0.435. The summed E-state index contributed by atoms with van der Waals surface area (Å²) in [5, 5.41) is 0.596. The van der Waals surface area contributed by atoms with E-state index >= 15 is 0 Å². The fraction of sp³-hybridized carbons (Fsp3) is 0.136. The predicted octanol–water partition coefficient (Wildman–Crippen LogP) is 3.19. The van der Waals surface area contributed by atoms with Gasteiger partial charge in [0.25, 0.3) is 5.56 Å². The smallest absolute Gasteiger partial charge is 0.305 e. The lowest BCUT2D eigenvalue weighted by atomic mass is 10.1. The standard InChI is InChI=1S/C22H17ClFN5O2/c1-26-19-18(20(30)27(2)22(26)31)29-12-17(13-7-9-15(24)10-8-13)28(21(29)25-19)11-14-5-3-4-6-16(14)23/h3-10,12H,11H2,1-2H3. The van der Waals surface area contributed by atoms with E-state index in [0.717, 1.165) is 21.4 Å². The van der Waals surface area contributed by atoms with Crippen molar-refractivity contribution < 1.29 is 4.39 Å². The molecule has 0 spiro atoms. The Hall–Kier alpha value is -3.65. The van der Waals surface area contributed by atoms with Crippen LogP contribution in [-0.2, 0) is 20.6 Å². The van der Waals surface area contributed by atoms with Crippen molar-refractivity contribution in [2.45, 2.75) is 6.54 Å². The van der Waals surface area contributed by atoms with Crippen LogP contribution in [0.3, 0.4) is 0 Å². The second-order valence-electron chi connectivity index (χ2n) is 7.36. The second kappa shape index (κ2) is 6.95. The Labute approximate surface area is 180 Å². The fourth-order valence-electron chi connectivity index (χ4n) is 3.82. The number of imidazole rings is 2. The van der Waals surface area contributed by atoms with Crippen molar-refractivity contribution in [3.8, 4) is 11.3 Å². The Balaban J connectivity index is 1.87. The third-order valence-corrected chi connectivity index (χ3v) is 5.85. The van der Waals surface area contributed by atoms with Crippen molar-refractivity contribution in [2.75, 3.05) is 0 Å². The summed E-state index contributed by atoms with van der Waals surface area (Å²) in [5.74, 6) is 0.139. The van der Waals surface area contributed by atoms with Gasteiger partial charge in [-0.2, -0.15) is 4.98 Å². The molecule has 0 radical (unpaired) electrons. The van der Waals surface area contributed by atoms with E-state index in [4.69, 9.17) is 11.6 Å². The van der Waals surface area contributed by atoms with Gasteiger partial charge in [-0.05, 0) is 41.5 Å². The van der Waals surface area contributed by atoms with E-state index in [1.54, 1.807) is 35.8 Å². The molecule has 9 heteroatoms. The number of fused-ring (bicyclic) bond motifs is 3. The number of nitrogens with zero attached hydrogens (tertiary/aromatic N) is 5. The first-order valence-electron chi connectivity index (χ1n) is 9.53. The highest BCUT2D eigenvalue weighted by atomic mass is 35.5. The highest BCUT2D eigenvalue weighted by Crippen LogP contribution is 2.28. The lowest BCUT2D eigenvalue weighted by Gasteiger charge is -2.10. The van der Waals surface area contributed by atoms with Gasteiger partial charge in [-0.3, -0.25) is 18.3 Å². The van der Waals surface area contributed by atoms with Gasteiger partial charge in [0.1, 0.15) is 5.82 Å². The van der Waals surface area contributed by atoms with Crippen molar-refractivity contribution in [3.05, 3.63) is 92.0 Å². The first kappa shape index (κ1) is 19.3. The van der Waals surface area contributed by atoms with Gasteiger partial charge in [-0.25, -0.2) is 9.18 Å². The van der Waals surface area contributed by atoms with Gasteiger partial charge in [-0.1, -0.05) is 29.8 Å². The van der Waals surface area contributed by atoms with Crippen LogP contribution in [0.1, 0.15) is 5.56 Å². The highest BCUT2D eigenvalue weighted by Gasteiger charge is 2.21. The maximum atomic E-state index is 13.5. The predicted molar refractivity (Wildman–Crippen MR) is 117 cm³/mol. The molecule has 7 nitrogen and oxygen atoms in total. The molecule has 3 heterocycles. The van der Waals surface area contributed by atoms with Crippen LogP contribution in [0.25, 0.3) is 28.2 Å². The van der Waals surface area contributed by atoms with E-state index in [-0.39, 0.29) is 5.82 Å². The number of hydrogen-bond donors (Lipinski definition) is 0. The summed E-state index contributed by atoms with van der Waals surface area (Å²) >= 11 is 6.39. The third kappa shape index (κ3) is 2.90. The lowest BCUT2D eigenvalue weighted by molar-refractivity contribution is 0.628. The Kier molecular flexibility index (Phi) is 4.33. The highest BCUT2D eigenvalue weighted by molar-refractivity contribution is 6.31. The number of halogens is 2. The molecule has 0 atom stereocenters. The summed E-state index contributed by atoms with van der Waals surface area (Å²) in [6, 6.07) is 13.5. The van der Waals surface area contributed by atoms with Gasteiger partial charge in [0.2, 0.25) is 5.78 Å². The van der Waals surface area contributed by atoms with Gasteiger partial charge < -0.3 is 4.57 Å². The molecule has 0 amide bonds. The van der Waals surface area contributed by atoms with Crippen LogP contribution in [0.2, 0.25) is 5.02 Å². The molecule has 2 aromatic carbocycles. The summed E-state index contributed by atoms with van der Waals surface area (Å²) in [5.41, 5.74) is 2.05. The molecule has 3 aromatic heterocycles. The molecule has 0 saturated heterocycles. The van der Waals surface area contributed by atoms with Crippen LogP contribution in [-0.4, -0.2) is 23.1 Å². The zero-order chi connectivity index (χ0) is 21.9. The maximum Gasteiger partial charge on any atom is 0.332 e. The van der Waals surface area contributed by atoms with E-state index in [9.17, 15) is 14.0 Å². The summed E-state index contributed by atoms with van der Waals surface area (Å²) < 4.78 is 19.5. The van der Waals surface area contributed by atoms with Gasteiger partial charge in [0, 0.05) is 25.3 Å². The lowest BCUT2D eigenvalue weighted by Crippen LogP contribution is -2.37. The van der Waals surface area contributed by atoms with Crippen LogP contribution in [0.5, 0.6) is 0 Å². The molecule has 156 valence electrons. The first-order chi connectivity index (χ1) is 14.9.